The minimum atomic E-state index is -0.279. The van der Waals surface area contributed by atoms with Gasteiger partial charge in [-0.15, -0.1) is 0 Å². The third kappa shape index (κ3) is 1.67. The number of benzene rings is 1. The van der Waals surface area contributed by atoms with Gasteiger partial charge in [-0.25, -0.2) is 0 Å². The van der Waals surface area contributed by atoms with Crippen LogP contribution < -0.4 is 5.49 Å². The van der Waals surface area contributed by atoms with E-state index in [4.69, 9.17) is 0 Å². The van der Waals surface area contributed by atoms with Crippen molar-refractivity contribution in [3.63, 3.8) is 0 Å². The SMILES string of the molecule is C=CC(=O)/N=c1/c2ccccc2c2c(n1C)[C@@H]1CCC2C1. The van der Waals surface area contributed by atoms with E-state index in [-0.39, 0.29) is 5.91 Å². The Morgan fingerprint density at radius 3 is 2.76 bits per heavy atom. The number of pyridine rings is 1. The topological polar surface area (TPSA) is 34.4 Å². The maximum Gasteiger partial charge on any atom is 0.271 e. The summed E-state index contributed by atoms with van der Waals surface area (Å²) in [7, 11) is 2.04. The van der Waals surface area contributed by atoms with Crippen molar-refractivity contribution < 1.29 is 4.79 Å². The summed E-state index contributed by atoms with van der Waals surface area (Å²) in [6.45, 7) is 3.52. The van der Waals surface area contributed by atoms with Crippen molar-refractivity contribution in [2.24, 2.45) is 12.0 Å². The quantitative estimate of drug-likeness (QED) is 0.738. The van der Waals surface area contributed by atoms with Crippen LogP contribution in [0.4, 0.5) is 0 Å². The van der Waals surface area contributed by atoms with Crippen molar-refractivity contribution >= 4 is 16.7 Å². The van der Waals surface area contributed by atoms with Crippen molar-refractivity contribution in [1.29, 1.82) is 0 Å². The lowest BCUT2D eigenvalue weighted by Gasteiger charge is -2.22. The molecular weight excluding hydrogens is 260 g/mol. The zero-order valence-electron chi connectivity index (χ0n) is 12.2. The normalized spacial score (nSPS) is 23.6. The molecule has 0 N–H and O–H groups in total. The van der Waals surface area contributed by atoms with E-state index < -0.39 is 0 Å². The molecule has 0 radical (unpaired) electrons. The molecule has 106 valence electrons. The number of carbonyl (C=O) groups excluding carboxylic acids is 1. The Bertz CT molecular complexity index is 844. The number of carbonyl (C=O) groups is 1. The van der Waals surface area contributed by atoms with Gasteiger partial charge in [-0.05, 0) is 42.2 Å². The van der Waals surface area contributed by atoms with Crippen LogP contribution in [-0.2, 0) is 11.8 Å². The Balaban J connectivity index is 2.17. The molecule has 1 unspecified atom stereocenters. The highest BCUT2D eigenvalue weighted by atomic mass is 16.1. The number of nitrogens with zero attached hydrogens (tertiary/aromatic N) is 2. The van der Waals surface area contributed by atoms with Gasteiger partial charge >= 0.3 is 0 Å². The van der Waals surface area contributed by atoms with E-state index in [1.165, 1.54) is 42.0 Å². The average Bonchev–Trinajstić information content (AvgIpc) is 3.12. The fourth-order valence-corrected chi connectivity index (χ4v) is 4.23. The third-order valence-electron chi connectivity index (χ3n) is 5.03. The summed E-state index contributed by atoms with van der Waals surface area (Å²) < 4.78 is 2.14. The van der Waals surface area contributed by atoms with Crippen LogP contribution in [0.2, 0.25) is 0 Å². The molecule has 0 saturated heterocycles. The van der Waals surface area contributed by atoms with Crippen molar-refractivity contribution in [3.05, 3.63) is 53.7 Å². The first kappa shape index (κ1) is 12.6. The first-order valence-electron chi connectivity index (χ1n) is 7.53. The number of hydrogen-bond donors (Lipinski definition) is 0. The van der Waals surface area contributed by atoms with E-state index in [9.17, 15) is 4.79 Å². The lowest BCUT2D eigenvalue weighted by Crippen LogP contribution is -2.26. The molecule has 3 nitrogen and oxygen atoms in total. The molecule has 3 heteroatoms. The van der Waals surface area contributed by atoms with Crippen LogP contribution in [0, 0.1) is 0 Å². The molecule has 0 aliphatic heterocycles. The molecular formula is C18H18N2O. The lowest BCUT2D eigenvalue weighted by atomic mass is 9.91. The fraction of sp³-hybridized carbons (Fsp3) is 0.333. The molecule has 1 fully saturated rings. The molecule has 1 amide bonds. The minimum absolute atomic E-state index is 0.279. The molecule has 0 spiro atoms. The van der Waals surface area contributed by atoms with E-state index in [0.717, 1.165) is 10.9 Å². The molecule has 2 aromatic rings. The zero-order chi connectivity index (χ0) is 14.6. The van der Waals surface area contributed by atoms with E-state index in [2.05, 4.69) is 34.3 Å². The van der Waals surface area contributed by atoms with Crippen molar-refractivity contribution in [1.82, 2.24) is 4.57 Å². The number of fused-ring (bicyclic) bond motifs is 7. The molecule has 2 aliphatic rings. The number of aromatic nitrogens is 1. The standard InChI is InChI=1S/C18H18N2O/c1-3-15(21)19-18-14-7-5-4-6-13(14)16-11-8-9-12(10-11)17(16)20(18)2/h3-7,11-12H,1,8-10H2,2H3/b19-18-/t11?,12-/m1/s1. The van der Waals surface area contributed by atoms with Crippen LogP contribution in [0.3, 0.4) is 0 Å². The second-order valence-electron chi connectivity index (χ2n) is 6.09. The molecule has 1 saturated carbocycles. The largest absolute Gasteiger partial charge is 0.332 e. The maximum atomic E-state index is 11.7. The second-order valence-corrected chi connectivity index (χ2v) is 6.09. The van der Waals surface area contributed by atoms with Crippen molar-refractivity contribution in [2.75, 3.05) is 0 Å². The fourth-order valence-electron chi connectivity index (χ4n) is 4.23. The van der Waals surface area contributed by atoms with Crippen molar-refractivity contribution in [2.45, 2.75) is 31.1 Å². The van der Waals surface area contributed by atoms with Gasteiger partial charge in [-0.1, -0.05) is 30.8 Å². The Labute approximate surface area is 123 Å². The van der Waals surface area contributed by atoms with E-state index >= 15 is 0 Å². The minimum Gasteiger partial charge on any atom is -0.332 e. The Kier molecular flexibility index (Phi) is 2.64. The van der Waals surface area contributed by atoms with Crippen LogP contribution >= 0.6 is 0 Å². The van der Waals surface area contributed by atoms with Gasteiger partial charge in [-0.2, -0.15) is 4.99 Å². The Morgan fingerprint density at radius 2 is 2.00 bits per heavy atom. The van der Waals surface area contributed by atoms with Gasteiger partial charge in [0.2, 0.25) is 0 Å². The summed E-state index contributed by atoms with van der Waals surface area (Å²) in [6.07, 6.45) is 5.09. The van der Waals surface area contributed by atoms with Gasteiger partial charge in [0.15, 0.2) is 0 Å². The first-order chi connectivity index (χ1) is 10.2. The average molecular weight is 278 g/mol. The van der Waals surface area contributed by atoms with E-state index in [0.29, 0.717) is 11.8 Å². The summed E-state index contributed by atoms with van der Waals surface area (Å²) in [5.41, 5.74) is 3.65. The van der Waals surface area contributed by atoms with E-state index in [1.807, 2.05) is 13.1 Å². The zero-order valence-corrected chi connectivity index (χ0v) is 12.2. The van der Waals surface area contributed by atoms with Crippen LogP contribution in [0.15, 0.2) is 41.9 Å². The highest BCUT2D eigenvalue weighted by Gasteiger charge is 2.39. The first-order valence-corrected chi connectivity index (χ1v) is 7.53. The van der Waals surface area contributed by atoms with Gasteiger partial charge in [0.25, 0.3) is 5.91 Å². The van der Waals surface area contributed by atoms with Crippen LogP contribution in [-0.4, -0.2) is 10.5 Å². The van der Waals surface area contributed by atoms with Crippen LogP contribution in [0.25, 0.3) is 10.8 Å². The Hall–Kier alpha value is -2.16. The van der Waals surface area contributed by atoms with Gasteiger partial charge in [-0.3, -0.25) is 4.79 Å². The monoisotopic (exact) mass is 278 g/mol. The summed E-state index contributed by atoms with van der Waals surface area (Å²) in [4.78, 5) is 16.0. The van der Waals surface area contributed by atoms with Gasteiger partial charge < -0.3 is 4.57 Å². The molecule has 1 heterocycles. The number of amides is 1. The highest BCUT2D eigenvalue weighted by molar-refractivity contribution is 5.91. The predicted molar refractivity (Wildman–Crippen MR) is 83.0 cm³/mol. The third-order valence-corrected chi connectivity index (χ3v) is 5.03. The van der Waals surface area contributed by atoms with Gasteiger partial charge in [0.05, 0.1) is 0 Å². The molecule has 2 aliphatic carbocycles. The van der Waals surface area contributed by atoms with Crippen LogP contribution in [0.1, 0.15) is 42.4 Å². The molecule has 1 aromatic carbocycles. The molecule has 4 rings (SSSR count). The lowest BCUT2D eigenvalue weighted by molar-refractivity contribution is -0.113. The predicted octanol–water partition coefficient (Wildman–Crippen LogP) is 3.16. The smallest absolute Gasteiger partial charge is 0.271 e. The summed E-state index contributed by atoms with van der Waals surface area (Å²) >= 11 is 0. The molecule has 2 atom stereocenters. The van der Waals surface area contributed by atoms with Gasteiger partial charge in [0.1, 0.15) is 5.49 Å². The maximum absolute atomic E-state index is 11.7. The number of hydrogen-bond acceptors (Lipinski definition) is 1. The van der Waals surface area contributed by atoms with Gasteiger partial charge in [0, 0.05) is 24.0 Å². The highest BCUT2D eigenvalue weighted by Crippen LogP contribution is 2.54. The Morgan fingerprint density at radius 1 is 1.29 bits per heavy atom. The summed E-state index contributed by atoms with van der Waals surface area (Å²) in [6, 6.07) is 8.33. The summed E-state index contributed by atoms with van der Waals surface area (Å²) in [5, 5.41) is 2.34. The van der Waals surface area contributed by atoms with Crippen molar-refractivity contribution in [3.8, 4) is 0 Å². The molecule has 1 aromatic heterocycles. The summed E-state index contributed by atoms with van der Waals surface area (Å²) in [5.74, 6) is 1.04. The van der Waals surface area contributed by atoms with E-state index in [1.54, 1.807) is 0 Å². The van der Waals surface area contributed by atoms with Crippen LogP contribution in [0.5, 0.6) is 0 Å². The molecule has 2 bridgehead atoms. The molecule has 21 heavy (non-hydrogen) atoms. The second kappa shape index (κ2) is 4.42. The number of rotatable bonds is 1.